The second-order valence-electron chi connectivity index (χ2n) is 5.23. The number of aromatic nitrogens is 2. The summed E-state index contributed by atoms with van der Waals surface area (Å²) in [6, 6.07) is 2.11. The Kier molecular flexibility index (Phi) is 4.65. The Morgan fingerprint density at radius 1 is 1.45 bits per heavy atom. The van der Waals surface area contributed by atoms with Crippen molar-refractivity contribution in [3.8, 4) is 5.88 Å². The topological polar surface area (TPSA) is 82.3 Å². The molecule has 1 aliphatic rings. The van der Waals surface area contributed by atoms with Crippen molar-refractivity contribution in [2.75, 3.05) is 24.8 Å². The van der Waals surface area contributed by atoms with Crippen LogP contribution in [0.15, 0.2) is 6.07 Å². The van der Waals surface area contributed by atoms with Crippen molar-refractivity contribution in [2.24, 2.45) is 0 Å². The average molecular weight is 280 g/mol. The molecule has 1 atom stereocenters. The van der Waals surface area contributed by atoms with Crippen LogP contribution >= 0.6 is 0 Å². The fourth-order valence-corrected chi connectivity index (χ4v) is 2.72. The van der Waals surface area contributed by atoms with Crippen molar-refractivity contribution in [3.05, 3.63) is 6.07 Å². The standard InChI is InChI=1S/C14H24N4O2/c1-4-14(5-2)9-10(6-7-20-14)16-11-8-12(19-3)18-13(15)17-11/h8,10H,4-7,9H2,1-3H3,(H3,15,16,17,18). The summed E-state index contributed by atoms with van der Waals surface area (Å²) in [5.41, 5.74) is 5.66. The molecule has 0 aliphatic carbocycles. The van der Waals surface area contributed by atoms with Crippen molar-refractivity contribution in [1.29, 1.82) is 0 Å². The van der Waals surface area contributed by atoms with Crippen LogP contribution in [0.1, 0.15) is 39.5 Å². The molecule has 0 spiro atoms. The van der Waals surface area contributed by atoms with Crippen molar-refractivity contribution in [1.82, 2.24) is 9.97 Å². The predicted molar refractivity (Wildman–Crippen MR) is 78.9 cm³/mol. The zero-order chi connectivity index (χ0) is 14.6. The predicted octanol–water partition coefficient (Wildman–Crippen LogP) is 2.22. The molecule has 0 radical (unpaired) electrons. The van der Waals surface area contributed by atoms with Crippen LogP contribution in [-0.4, -0.2) is 35.3 Å². The lowest BCUT2D eigenvalue weighted by Gasteiger charge is -2.40. The Morgan fingerprint density at radius 2 is 2.20 bits per heavy atom. The quantitative estimate of drug-likeness (QED) is 0.860. The Bertz CT molecular complexity index is 449. The van der Waals surface area contributed by atoms with Gasteiger partial charge in [-0.15, -0.1) is 0 Å². The molecule has 1 aromatic rings. The second-order valence-corrected chi connectivity index (χ2v) is 5.23. The smallest absolute Gasteiger partial charge is 0.225 e. The van der Waals surface area contributed by atoms with E-state index in [1.165, 1.54) is 0 Å². The van der Waals surface area contributed by atoms with Gasteiger partial charge in [0, 0.05) is 18.7 Å². The molecule has 20 heavy (non-hydrogen) atoms. The molecular formula is C14H24N4O2. The highest BCUT2D eigenvalue weighted by Crippen LogP contribution is 2.32. The van der Waals surface area contributed by atoms with Crippen LogP contribution in [0.2, 0.25) is 0 Å². The first-order valence-corrected chi connectivity index (χ1v) is 7.20. The van der Waals surface area contributed by atoms with E-state index in [0.717, 1.165) is 32.3 Å². The van der Waals surface area contributed by atoms with Gasteiger partial charge in [-0.25, -0.2) is 0 Å². The van der Waals surface area contributed by atoms with E-state index in [9.17, 15) is 0 Å². The number of methoxy groups -OCH3 is 1. The van der Waals surface area contributed by atoms with Crippen molar-refractivity contribution >= 4 is 11.8 Å². The first-order valence-electron chi connectivity index (χ1n) is 7.20. The number of nitrogens with two attached hydrogens (primary N) is 1. The number of nitrogen functional groups attached to an aromatic ring is 1. The molecule has 0 amide bonds. The molecule has 6 nitrogen and oxygen atoms in total. The Hall–Kier alpha value is -1.56. The maximum atomic E-state index is 5.98. The van der Waals surface area contributed by atoms with E-state index in [2.05, 4.69) is 29.1 Å². The van der Waals surface area contributed by atoms with Gasteiger partial charge in [0.05, 0.1) is 12.7 Å². The number of nitrogens with one attached hydrogen (secondary N) is 1. The van der Waals surface area contributed by atoms with Crippen LogP contribution in [0.5, 0.6) is 5.88 Å². The van der Waals surface area contributed by atoms with Gasteiger partial charge in [0.1, 0.15) is 5.82 Å². The van der Waals surface area contributed by atoms with Gasteiger partial charge in [-0.05, 0) is 25.7 Å². The zero-order valence-electron chi connectivity index (χ0n) is 12.5. The highest BCUT2D eigenvalue weighted by Gasteiger charge is 2.34. The van der Waals surface area contributed by atoms with E-state index < -0.39 is 0 Å². The molecule has 3 N–H and O–H groups in total. The normalized spacial score (nSPS) is 21.4. The molecule has 2 rings (SSSR count). The van der Waals surface area contributed by atoms with Crippen LogP contribution < -0.4 is 15.8 Å². The maximum Gasteiger partial charge on any atom is 0.225 e. The summed E-state index contributed by atoms with van der Waals surface area (Å²) in [6.07, 6.45) is 3.99. The third-order valence-corrected chi connectivity index (χ3v) is 4.06. The summed E-state index contributed by atoms with van der Waals surface area (Å²) < 4.78 is 11.1. The summed E-state index contributed by atoms with van der Waals surface area (Å²) in [4.78, 5) is 8.20. The minimum Gasteiger partial charge on any atom is -0.481 e. The van der Waals surface area contributed by atoms with E-state index in [1.807, 2.05) is 0 Å². The zero-order valence-corrected chi connectivity index (χ0v) is 12.5. The molecule has 1 aliphatic heterocycles. The largest absolute Gasteiger partial charge is 0.481 e. The van der Waals surface area contributed by atoms with E-state index in [0.29, 0.717) is 17.7 Å². The fourth-order valence-electron chi connectivity index (χ4n) is 2.72. The van der Waals surface area contributed by atoms with E-state index >= 15 is 0 Å². The molecule has 0 aromatic carbocycles. The third kappa shape index (κ3) is 3.30. The summed E-state index contributed by atoms with van der Waals surface area (Å²) in [5, 5.41) is 3.43. The highest BCUT2D eigenvalue weighted by molar-refractivity contribution is 5.43. The highest BCUT2D eigenvalue weighted by atomic mass is 16.5. The van der Waals surface area contributed by atoms with Gasteiger partial charge in [0.25, 0.3) is 0 Å². The Labute approximate surface area is 120 Å². The van der Waals surface area contributed by atoms with Crippen molar-refractivity contribution in [3.63, 3.8) is 0 Å². The van der Waals surface area contributed by atoms with Crippen LogP contribution in [0.4, 0.5) is 11.8 Å². The molecular weight excluding hydrogens is 256 g/mol. The lowest BCUT2D eigenvalue weighted by atomic mass is 9.86. The molecule has 0 bridgehead atoms. The number of hydrogen-bond donors (Lipinski definition) is 2. The Morgan fingerprint density at radius 3 is 2.85 bits per heavy atom. The lowest BCUT2D eigenvalue weighted by molar-refractivity contribution is -0.0864. The number of ether oxygens (including phenoxy) is 2. The van der Waals surface area contributed by atoms with Crippen LogP contribution in [-0.2, 0) is 4.74 Å². The first-order chi connectivity index (χ1) is 9.60. The monoisotopic (exact) mass is 280 g/mol. The first kappa shape index (κ1) is 14.8. The summed E-state index contributed by atoms with van der Waals surface area (Å²) in [5.74, 6) is 1.41. The molecule has 2 heterocycles. The van der Waals surface area contributed by atoms with Gasteiger partial charge >= 0.3 is 0 Å². The van der Waals surface area contributed by atoms with Gasteiger partial charge < -0.3 is 20.5 Å². The van der Waals surface area contributed by atoms with E-state index in [4.69, 9.17) is 15.2 Å². The van der Waals surface area contributed by atoms with Gasteiger partial charge in [0.15, 0.2) is 0 Å². The van der Waals surface area contributed by atoms with Crippen LogP contribution in [0, 0.1) is 0 Å². The van der Waals surface area contributed by atoms with E-state index in [-0.39, 0.29) is 11.5 Å². The molecule has 1 saturated heterocycles. The summed E-state index contributed by atoms with van der Waals surface area (Å²) >= 11 is 0. The minimum absolute atomic E-state index is 0.0153. The van der Waals surface area contributed by atoms with Crippen molar-refractivity contribution in [2.45, 2.75) is 51.2 Å². The molecule has 1 unspecified atom stereocenters. The lowest BCUT2D eigenvalue weighted by Crippen LogP contribution is -2.43. The number of hydrogen-bond acceptors (Lipinski definition) is 6. The number of rotatable bonds is 5. The number of nitrogens with zero attached hydrogens (tertiary/aromatic N) is 2. The minimum atomic E-state index is -0.0153. The van der Waals surface area contributed by atoms with Gasteiger partial charge in [-0.2, -0.15) is 9.97 Å². The SMILES string of the molecule is CCC1(CC)CC(Nc2cc(OC)nc(N)n2)CCO1. The van der Waals surface area contributed by atoms with Gasteiger partial charge in [-0.1, -0.05) is 13.8 Å². The average Bonchev–Trinajstić information content (AvgIpc) is 2.46. The molecule has 1 aromatic heterocycles. The number of anilines is 2. The molecule has 112 valence electrons. The Balaban J connectivity index is 2.08. The van der Waals surface area contributed by atoms with Crippen molar-refractivity contribution < 1.29 is 9.47 Å². The maximum absolute atomic E-state index is 5.98. The summed E-state index contributed by atoms with van der Waals surface area (Å²) in [7, 11) is 1.57. The molecule has 0 saturated carbocycles. The fraction of sp³-hybridized carbons (Fsp3) is 0.714. The molecule has 1 fully saturated rings. The second kappa shape index (κ2) is 6.26. The third-order valence-electron chi connectivity index (χ3n) is 4.06. The van der Waals surface area contributed by atoms with Gasteiger partial charge in [0.2, 0.25) is 11.8 Å². The molecule has 6 heteroatoms. The van der Waals surface area contributed by atoms with E-state index in [1.54, 1.807) is 13.2 Å². The van der Waals surface area contributed by atoms with Crippen LogP contribution in [0.25, 0.3) is 0 Å². The summed E-state index contributed by atoms with van der Waals surface area (Å²) in [6.45, 7) is 5.13. The van der Waals surface area contributed by atoms with Gasteiger partial charge in [-0.3, -0.25) is 0 Å². The van der Waals surface area contributed by atoms with Crippen LogP contribution in [0.3, 0.4) is 0 Å².